The van der Waals surface area contributed by atoms with Gasteiger partial charge >= 0.3 is 6.09 Å². The van der Waals surface area contributed by atoms with Crippen molar-refractivity contribution < 1.29 is 14.6 Å². The Hall–Kier alpha value is -1.56. The lowest BCUT2D eigenvalue weighted by atomic mass is 9.98. The fourth-order valence-electron chi connectivity index (χ4n) is 2.69. The molecule has 27 heavy (non-hydrogen) atoms. The van der Waals surface area contributed by atoms with Crippen molar-refractivity contribution in [2.45, 2.75) is 38.2 Å². The van der Waals surface area contributed by atoms with Crippen molar-refractivity contribution in [2.24, 2.45) is 0 Å². The summed E-state index contributed by atoms with van der Waals surface area (Å²) in [6.45, 7) is 2.83. The van der Waals surface area contributed by atoms with Crippen LogP contribution in [0, 0.1) is 0 Å². The quantitative estimate of drug-likeness (QED) is 0.539. The number of aliphatic hydroxyl groups is 1. The van der Waals surface area contributed by atoms with E-state index in [4.69, 9.17) is 16.3 Å². The van der Waals surface area contributed by atoms with Crippen LogP contribution >= 0.6 is 27.5 Å². The highest BCUT2D eigenvalue weighted by molar-refractivity contribution is 9.10. The predicted octanol–water partition coefficient (Wildman–Crippen LogP) is 5.32. The molecule has 0 saturated carbocycles. The van der Waals surface area contributed by atoms with Gasteiger partial charge in [-0.25, -0.2) is 4.79 Å². The molecule has 0 saturated heterocycles. The SMILES string of the molecule is CC(CCOC(=O)NCCC(O)Cc1ccc(Cl)cc1)c1cccc(Br)c1. The molecule has 0 fully saturated rings. The average molecular weight is 455 g/mol. The molecule has 2 aromatic carbocycles. The summed E-state index contributed by atoms with van der Waals surface area (Å²) in [6.07, 6.45) is 0.769. The fraction of sp³-hybridized carbons (Fsp3) is 0.381. The molecular weight excluding hydrogens is 430 g/mol. The third-order valence-electron chi connectivity index (χ3n) is 4.33. The summed E-state index contributed by atoms with van der Waals surface area (Å²) in [5.41, 5.74) is 2.22. The van der Waals surface area contributed by atoms with E-state index in [-0.39, 0.29) is 0 Å². The number of carbonyl (C=O) groups is 1. The average Bonchev–Trinajstić information content (AvgIpc) is 2.63. The van der Waals surface area contributed by atoms with Crippen LogP contribution < -0.4 is 5.32 Å². The first-order chi connectivity index (χ1) is 12.9. The molecule has 0 spiro atoms. The zero-order valence-electron chi connectivity index (χ0n) is 15.3. The van der Waals surface area contributed by atoms with Gasteiger partial charge in [-0.1, -0.05) is 58.7 Å². The topological polar surface area (TPSA) is 58.6 Å². The van der Waals surface area contributed by atoms with Crippen LogP contribution in [0.15, 0.2) is 53.0 Å². The molecule has 2 rings (SSSR count). The van der Waals surface area contributed by atoms with E-state index in [1.165, 1.54) is 5.56 Å². The molecule has 2 unspecified atom stereocenters. The number of rotatable bonds is 9. The van der Waals surface area contributed by atoms with Crippen LogP contribution in [0.25, 0.3) is 0 Å². The molecule has 0 radical (unpaired) electrons. The molecule has 0 heterocycles. The maximum atomic E-state index is 11.8. The fourth-order valence-corrected chi connectivity index (χ4v) is 3.24. The molecule has 146 valence electrons. The minimum atomic E-state index is -0.525. The van der Waals surface area contributed by atoms with Crippen LogP contribution in [-0.2, 0) is 11.2 Å². The number of halogens is 2. The van der Waals surface area contributed by atoms with Crippen LogP contribution in [-0.4, -0.2) is 30.5 Å². The Kier molecular flexibility index (Phi) is 9.11. The largest absolute Gasteiger partial charge is 0.450 e. The molecule has 0 aliphatic carbocycles. The van der Waals surface area contributed by atoms with Crippen LogP contribution in [0.2, 0.25) is 5.02 Å². The van der Waals surface area contributed by atoms with Gasteiger partial charge in [-0.2, -0.15) is 0 Å². The van der Waals surface area contributed by atoms with E-state index < -0.39 is 12.2 Å². The summed E-state index contributed by atoms with van der Waals surface area (Å²) in [5, 5.41) is 13.4. The normalized spacial score (nSPS) is 13.0. The zero-order chi connectivity index (χ0) is 19.6. The number of alkyl carbamates (subject to hydrolysis) is 1. The Bertz CT molecular complexity index is 724. The predicted molar refractivity (Wildman–Crippen MR) is 112 cm³/mol. The number of benzene rings is 2. The van der Waals surface area contributed by atoms with Gasteiger partial charge in [0.15, 0.2) is 0 Å². The number of amides is 1. The minimum Gasteiger partial charge on any atom is -0.450 e. The van der Waals surface area contributed by atoms with Gasteiger partial charge in [0.05, 0.1) is 12.7 Å². The lowest BCUT2D eigenvalue weighted by molar-refractivity contribution is 0.136. The Morgan fingerprint density at radius 2 is 1.96 bits per heavy atom. The van der Waals surface area contributed by atoms with Crippen LogP contribution in [0.4, 0.5) is 4.79 Å². The zero-order valence-corrected chi connectivity index (χ0v) is 17.7. The first-order valence-electron chi connectivity index (χ1n) is 9.02. The summed E-state index contributed by atoms with van der Waals surface area (Å²) in [5.74, 6) is 0.302. The second-order valence-corrected chi connectivity index (χ2v) is 7.93. The monoisotopic (exact) mass is 453 g/mol. The maximum absolute atomic E-state index is 11.8. The van der Waals surface area contributed by atoms with E-state index in [0.29, 0.717) is 36.9 Å². The Morgan fingerprint density at radius 3 is 2.67 bits per heavy atom. The summed E-state index contributed by atoms with van der Waals surface area (Å²) >= 11 is 9.31. The van der Waals surface area contributed by atoms with E-state index in [2.05, 4.69) is 40.3 Å². The van der Waals surface area contributed by atoms with Crippen molar-refractivity contribution in [2.75, 3.05) is 13.2 Å². The molecule has 2 N–H and O–H groups in total. The van der Waals surface area contributed by atoms with E-state index in [9.17, 15) is 9.90 Å². The van der Waals surface area contributed by atoms with Gasteiger partial charge in [0.1, 0.15) is 0 Å². The van der Waals surface area contributed by atoms with E-state index in [1.807, 2.05) is 24.3 Å². The summed E-state index contributed by atoms with van der Waals surface area (Å²) < 4.78 is 6.26. The molecule has 0 aromatic heterocycles. The third-order valence-corrected chi connectivity index (χ3v) is 5.08. The molecule has 4 nitrogen and oxygen atoms in total. The molecule has 0 bridgehead atoms. The van der Waals surface area contributed by atoms with Crippen molar-refractivity contribution in [3.63, 3.8) is 0 Å². The highest BCUT2D eigenvalue weighted by Crippen LogP contribution is 2.22. The minimum absolute atomic E-state index is 0.302. The van der Waals surface area contributed by atoms with Crippen molar-refractivity contribution in [1.29, 1.82) is 0 Å². The standard InChI is InChI=1S/C21H25BrClNO3/c1-15(17-3-2-4-18(22)14-17)10-12-27-21(26)24-11-9-20(25)13-16-5-7-19(23)8-6-16/h2-8,14-15,20,25H,9-13H2,1H3,(H,24,26). The van der Waals surface area contributed by atoms with E-state index >= 15 is 0 Å². The van der Waals surface area contributed by atoms with Gasteiger partial charge in [-0.3, -0.25) is 0 Å². The number of carbonyl (C=O) groups excluding carboxylic acids is 1. The highest BCUT2D eigenvalue weighted by atomic mass is 79.9. The molecule has 6 heteroatoms. The Balaban J connectivity index is 1.59. The summed E-state index contributed by atoms with van der Waals surface area (Å²) in [7, 11) is 0. The third kappa shape index (κ3) is 8.33. The van der Waals surface area contributed by atoms with Crippen LogP contribution in [0.5, 0.6) is 0 Å². The van der Waals surface area contributed by atoms with Crippen molar-refractivity contribution in [1.82, 2.24) is 5.32 Å². The maximum Gasteiger partial charge on any atom is 0.407 e. The molecule has 1 amide bonds. The van der Waals surface area contributed by atoms with Gasteiger partial charge in [-0.05, 0) is 60.6 Å². The lowest BCUT2D eigenvalue weighted by Crippen LogP contribution is -2.28. The highest BCUT2D eigenvalue weighted by Gasteiger charge is 2.10. The Morgan fingerprint density at radius 1 is 1.22 bits per heavy atom. The summed E-state index contributed by atoms with van der Waals surface area (Å²) in [4.78, 5) is 11.8. The van der Waals surface area contributed by atoms with Crippen molar-refractivity contribution in [3.8, 4) is 0 Å². The van der Waals surface area contributed by atoms with E-state index in [1.54, 1.807) is 12.1 Å². The number of hydrogen-bond acceptors (Lipinski definition) is 3. The first kappa shape index (κ1) is 21.7. The molecule has 0 aliphatic rings. The molecule has 2 atom stereocenters. The summed E-state index contributed by atoms with van der Waals surface area (Å²) in [6, 6.07) is 15.5. The number of nitrogens with one attached hydrogen (secondary N) is 1. The second kappa shape index (κ2) is 11.3. The van der Waals surface area contributed by atoms with Crippen LogP contribution in [0.3, 0.4) is 0 Å². The van der Waals surface area contributed by atoms with Gasteiger partial charge < -0.3 is 15.2 Å². The molecule has 0 aliphatic heterocycles. The van der Waals surface area contributed by atoms with Crippen molar-refractivity contribution in [3.05, 3.63) is 69.2 Å². The number of ether oxygens (including phenoxy) is 1. The number of hydrogen-bond donors (Lipinski definition) is 2. The van der Waals surface area contributed by atoms with Crippen LogP contribution in [0.1, 0.15) is 36.8 Å². The molecule has 2 aromatic rings. The Labute approximate surface area is 174 Å². The van der Waals surface area contributed by atoms with Crippen molar-refractivity contribution >= 4 is 33.6 Å². The van der Waals surface area contributed by atoms with Gasteiger partial charge in [0, 0.05) is 16.0 Å². The first-order valence-corrected chi connectivity index (χ1v) is 10.2. The van der Waals surface area contributed by atoms with Gasteiger partial charge in [0.25, 0.3) is 0 Å². The lowest BCUT2D eigenvalue weighted by Gasteiger charge is -2.14. The second-order valence-electron chi connectivity index (χ2n) is 6.58. The number of aliphatic hydroxyl groups excluding tert-OH is 1. The van der Waals surface area contributed by atoms with E-state index in [0.717, 1.165) is 16.5 Å². The molecular formula is C21H25BrClNO3. The van der Waals surface area contributed by atoms with Gasteiger partial charge in [0.2, 0.25) is 0 Å². The van der Waals surface area contributed by atoms with Gasteiger partial charge in [-0.15, -0.1) is 0 Å². The smallest absolute Gasteiger partial charge is 0.407 e.